The molecular formula is C21H32N4O2. The third-order valence-electron chi connectivity index (χ3n) is 5.57. The number of hydrogen-bond acceptors (Lipinski definition) is 4. The van der Waals surface area contributed by atoms with Crippen LogP contribution in [0.1, 0.15) is 24.8 Å². The van der Waals surface area contributed by atoms with Crippen molar-refractivity contribution in [2.45, 2.75) is 25.8 Å². The molecule has 0 unspecified atom stereocenters. The molecule has 1 N–H and O–H groups in total. The maximum atomic E-state index is 13.0. The molecule has 0 bridgehead atoms. The summed E-state index contributed by atoms with van der Waals surface area (Å²) in [5.74, 6) is -0.0371. The Hall–Kier alpha value is -1.92. The molecule has 1 saturated carbocycles. The molecule has 1 saturated heterocycles. The Kier molecular flexibility index (Phi) is 6.50. The van der Waals surface area contributed by atoms with E-state index in [1.165, 1.54) is 5.56 Å². The number of nitrogens with one attached hydrogen (secondary N) is 1. The lowest BCUT2D eigenvalue weighted by Gasteiger charge is -2.36. The summed E-state index contributed by atoms with van der Waals surface area (Å²) in [5.41, 5.74) is 0.521. The van der Waals surface area contributed by atoms with Crippen LogP contribution in [0.3, 0.4) is 0 Å². The number of amides is 2. The highest BCUT2D eigenvalue weighted by Crippen LogP contribution is 2.47. The van der Waals surface area contributed by atoms with Gasteiger partial charge < -0.3 is 15.1 Å². The predicted molar refractivity (Wildman–Crippen MR) is 106 cm³/mol. The summed E-state index contributed by atoms with van der Waals surface area (Å²) < 4.78 is 0. The van der Waals surface area contributed by atoms with E-state index >= 15 is 0 Å². The van der Waals surface area contributed by atoms with Crippen molar-refractivity contribution in [3.05, 3.63) is 35.9 Å². The Balaban J connectivity index is 1.45. The summed E-state index contributed by atoms with van der Waals surface area (Å²) in [5, 5.41) is 2.98. The van der Waals surface area contributed by atoms with Crippen LogP contribution in [0.25, 0.3) is 0 Å². The zero-order chi connectivity index (χ0) is 19.3. The molecule has 6 nitrogen and oxygen atoms in total. The fourth-order valence-electron chi connectivity index (χ4n) is 3.68. The minimum Gasteiger partial charge on any atom is -0.355 e. The van der Waals surface area contributed by atoms with Crippen molar-refractivity contribution in [1.82, 2.24) is 20.0 Å². The molecule has 1 aliphatic carbocycles. The Morgan fingerprint density at radius 1 is 1.07 bits per heavy atom. The van der Waals surface area contributed by atoms with E-state index in [4.69, 9.17) is 0 Å². The molecule has 1 aromatic rings. The summed E-state index contributed by atoms with van der Waals surface area (Å²) in [6, 6.07) is 10.4. The van der Waals surface area contributed by atoms with Gasteiger partial charge in [-0.2, -0.15) is 0 Å². The van der Waals surface area contributed by atoms with Crippen molar-refractivity contribution in [2.24, 2.45) is 5.41 Å². The normalized spacial score (nSPS) is 19.1. The van der Waals surface area contributed by atoms with Gasteiger partial charge in [-0.15, -0.1) is 0 Å². The van der Waals surface area contributed by atoms with Crippen LogP contribution in [0.15, 0.2) is 30.3 Å². The molecule has 1 aliphatic heterocycles. The molecule has 1 heterocycles. The van der Waals surface area contributed by atoms with Crippen LogP contribution in [0.2, 0.25) is 0 Å². The van der Waals surface area contributed by atoms with Crippen LogP contribution in [-0.2, 0) is 16.1 Å². The summed E-state index contributed by atoms with van der Waals surface area (Å²) in [4.78, 5) is 31.9. The van der Waals surface area contributed by atoms with Crippen molar-refractivity contribution in [2.75, 3.05) is 53.4 Å². The summed E-state index contributed by atoms with van der Waals surface area (Å²) in [6.07, 6.45) is 2.28. The van der Waals surface area contributed by atoms with Crippen molar-refractivity contribution < 1.29 is 9.59 Å². The van der Waals surface area contributed by atoms with Crippen LogP contribution < -0.4 is 5.32 Å². The third kappa shape index (κ3) is 5.08. The largest absolute Gasteiger partial charge is 0.355 e. The molecule has 1 aromatic carbocycles. The highest BCUT2D eigenvalue weighted by Gasteiger charge is 2.57. The quantitative estimate of drug-likeness (QED) is 0.550. The van der Waals surface area contributed by atoms with Gasteiger partial charge in [0.25, 0.3) is 0 Å². The van der Waals surface area contributed by atoms with Gasteiger partial charge in [0.2, 0.25) is 11.8 Å². The molecule has 148 valence electrons. The topological polar surface area (TPSA) is 55.9 Å². The zero-order valence-electron chi connectivity index (χ0n) is 16.6. The van der Waals surface area contributed by atoms with E-state index in [2.05, 4.69) is 39.4 Å². The van der Waals surface area contributed by atoms with E-state index in [1.807, 2.05) is 25.1 Å². The number of piperazine rings is 1. The van der Waals surface area contributed by atoms with Gasteiger partial charge in [0, 0.05) is 39.3 Å². The number of carbonyl (C=O) groups excluding carboxylic acids is 2. The molecule has 0 atom stereocenters. The molecule has 6 heteroatoms. The standard InChI is InChI=1S/C21H32N4O2/c1-23(2)12-6-11-22-19(26)21(9-10-21)20(27)25-15-13-24(14-16-25)17-18-7-4-3-5-8-18/h3-5,7-8H,6,9-17H2,1-2H3,(H,22,26). The van der Waals surface area contributed by atoms with Crippen LogP contribution in [0.5, 0.6) is 0 Å². The number of benzene rings is 1. The molecule has 0 radical (unpaired) electrons. The third-order valence-corrected chi connectivity index (χ3v) is 5.57. The maximum absolute atomic E-state index is 13.0. The highest BCUT2D eigenvalue weighted by atomic mass is 16.2. The number of nitrogens with zero attached hydrogens (tertiary/aromatic N) is 3. The second-order valence-corrected chi connectivity index (χ2v) is 8.05. The number of hydrogen-bond donors (Lipinski definition) is 1. The Labute approximate surface area is 162 Å². The fraction of sp³-hybridized carbons (Fsp3) is 0.619. The summed E-state index contributed by atoms with van der Waals surface area (Å²) in [6.45, 7) is 5.63. The molecule has 0 aromatic heterocycles. The first-order chi connectivity index (χ1) is 13.0. The van der Waals surface area contributed by atoms with E-state index in [0.717, 1.165) is 32.6 Å². The van der Waals surface area contributed by atoms with Gasteiger partial charge in [-0.1, -0.05) is 30.3 Å². The lowest BCUT2D eigenvalue weighted by molar-refractivity contribution is -0.145. The molecule has 0 spiro atoms. The Bertz CT molecular complexity index is 635. The van der Waals surface area contributed by atoms with Gasteiger partial charge in [0.05, 0.1) is 0 Å². The first kappa shape index (κ1) is 19.8. The molecule has 2 fully saturated rings. The van der Waals surface area contributed by atoms with Crippen molar-refractivity contribution >= 4 is 11.8 Å². The molecule has 2 amide bonds. The lowest BCUT2D eigenvalue weighted by Crippen LogP contribution is -2.53. The van der Waals surface area contributed by atoms with E-state index < -0.39 is 5.41 Å². The Morgan fingerprint density at radius 3 is 2.33 bits per heavy atom. The average Bonchev–Trinajstić information content (AvgIpc) is 3.48. The van der Waals surface area contributed by atoms with E-state index in [1.54, 1.807) is 0 Å². The summed E-state index contributed by atoms with van der Waals surface area (Å²) >= 11 is 0. The van der Waals surface area contributed by atoms with Gasteiger partial charge in [-0.05, 0) is 45.5 Å². The van der Waals surface area contributed by atoms with E-state index in [-0.39, 0.29) is 11.8 Å². The predicted octanol–water partition coefficient (Wildman–Crippen LogP) is 1.18. The van der Waals surface area contributed by atoms with Crippen LogP contribution in [-0.4, -0.2) is 79.9 Å². The van der Waals surface area contributed by atoms with E-state index in [0.29, 0.717) is 32.5 Å². The van der Waals surface area contributed by atoms with Gasteiger partial charge in [0.1, 0.15) is 5.41 Å². The maximum Gasteiger partial charge on any atom is 0.238 e. The van der Waals surface area contributed by atoms with Crippen molar-refractivity contribution in [1.29, 1.82) is 0 Å². The zero-order valence-corrected chi connectivity index (χ0v) is 16.6. The number of rotatable bonds is 8. The van der Waals surface area contributed by atoms with Gasteiger partial charge in [-0.3, -0.25) is 14.5 Å². The van der Waals surface area contributed by atoms with Gasteiger partial charge >= 0.3 is 0 Å². The van der Waals surface area contributed by atoms with Gasteiger partial charge in [-0.25, -0.2) is 0 Å². The molecule has 27 heavy (non-hydrogen) atoms. The minimum atomic E-state index is -0.778. The van der Waals surface area contributed by atoms with Crippen LogP contribution >= 0.6 is 0 Å². The minimum absolute atomic E-state index is 0.0342. The first-order valence-electron chi connectivity index (χ1n) is 10.00. The van der Waals surface area contributed by atoms with Gasteiger partial charge in [0.15, 0.2) is 0 Å². The Morgan fingerprint density at radius 2 is 1.74 bits per heavy atom. The number of carbonyl (C=O) groups is 2. The molecule has 2 aliphatic rings. The van der Waals surface area contributed by atoms with E-state index in [9.17, 15) is 9.59 Å². The SMILES string of the molecule is CN(C)CCCNC(=O)C1(C(=O)N2CCN(Cc3ccccc3)CC2)CC1. The smallest absolute Gasteiger partial charge is 0.238 e. The summed E-state index contributed by atoms with van der Waals surface area (Å²) in [7, 11) is 4.04. The van der Waals surface area contributed by atoms with Crippen molar-refractivity contribution in [3.8, 4) is 0 Å². The van der Waals surface area contributed by atoms with Crippen LogP contribution in [0, 0.1) is 5.41 Å². The second kappa shape index (κ2) is 8.85. The lowest BCUT2D eigenvalue weighted by atomic mass is 10.0. The highest BCUT2D eigenvalue weighted by molar-refractivity contribution is 6.07. The average molecular weight is 373 g/mol. The van der Waals surface area contributed by atoms with Crippen LogP contribution in [0.4, 0.5) is 0 Å². The molecule has 3 rings (SSSR count). The molecular weight excluding hydrogens is 340 g/mol. The second-order valence-electron chi connectivity index (χ2n) is 8.05. The van der Waals surface area contributed by atoms with Crippen molar-refractivity contribution in [3.63, 3.8) is 0 Å². The fourth-order valence-corrected chi connectivity index (χ4v) is 3.68. The first-order valence-corrected chi connectivity index (χ1v) is 10.00. The monoisotopic (exact) mass is 372 g/mol.